The van der Waals surface area contributed by atoms with Crippen molar-refractivity contribution in [3.8, 4) is 0 Å². The number of hydrogen-bond acceptors (Lipinski definition) is 7. The molecule has 3 heterocycles. The van der Waals surface area contributed by atoms with E-state index in [2.05, 4.69) is 19.4 Å². The Balaban J connectivity index is 1.39. The Morgan fingerprint density at radius 1 is 1.20 bits per heavy atom. The molecular weight excluding hydrogens is 350 g/mol. The first-order valence-corrected chi connectivity index (χ1v) is 9.06. The molecule has 0 amide bonds. The number of aromatic nitrogens is 4. The van der Waals surface area contributed by atoms with Gasteiger partial charge in [-0.15, -0.1) is 0 Å². The van der Waals surface area contributed by atoms with Gasteiger partial charge in [-0.3, -0.25) is 4.79 Å². The summed E-state index contributed by atoms with van der Waals surface area (Å²) >= 11 is 1.44. The van der Waals surface area contributed by atoms with Gasteiger partial charge in [0.1, 0.15) is 12.4 Å². The van der Waals surface area contributed by atoms with E-state index in [9.17, 15) is 13.6 Å². The molecule has 2 aliphatic rings. The number of piperazine rings is 1. The molecule has 0 radical (unpaired) electrons. The largest absolute Gasteiger partial charge is 0.367 e. The fourth-order valence-electron chi connectivity index (χ4n) is 2.88. The van der Waals surface area contributed by atoms with Gasteiger partial charge in [0.05, 0.1) is 11.9 Å². The Hall–Kier alpha value is -2.10. The summed E-state index contributed by atoms with van der Waals surface area (Å²) in [6.07, 6.45) is 1.27. The molecule has 2 aromatic heterocycles. The molecule has 7 nitrogen and oxygen atoms in total. The van der Waals surface area contributed by atoms with E-state index < -0.39 is 18.5 Å². The van der Waals surface area contributed by atoms with Gasteiger partial charge in [-0.05, 0) is 12.8 Å². The lowest BCUT2D eigenvalue weighted by molar-refractivity contribution is 0.119. The molecule has 2 aromatic rings. The van der Waals surface area contributed by atoms with Crippen molar-refractivity contribution in [2.75, 3.05) is 36.0 Å². The zero-order valence-corrected chi connectivity index (χ0v) is 14.3. The highest BCUT2D eigenvalue weighted by molar-refractivity contribution is 7.09. The first kappa shape index (κ1) is 16.4. The maximum Gasteiger partial charge on any atom is 0.269 e. The molecule has 0 aromatic carbocycles. The number of rotatable bonds is 5. The molecule has 4 rings (SSSR count). The highest BCUT2D eigenvalue weighted by Crippen LogP contribution is 2.39. The van der Waals surface area contributed by atoms with Crippen molar-refractivity contribution in [2.45, 2.75) is 31.7 Å². The summed E-state index contributed by atoms with van der Waals surface area (Å²) in [4.78, 5) is 20.8. The molecule has 134 valence electrons. The van der Waals surface area contributed by atoms with Crippen molar-refractivity contribution < 1.29 is 8.78 Å². The Kier molecular flexibility index (Phi) is 4.36. The summed E-state index contributed by atoms with van der Waals surface area (Å²) in [7, 11) is 0. The van der Waals surface area contributed by atoms with Crippen LogP contribution in [0.4, 0.5) is 19.6 Å². The monoisotopic (exact) mass is 368 g/mol. The first-order chi connectivity index (χ1) is 12.1. The maximum absolute atomic E-state index is 12.4. The smallest absolute Gasteiger partial charge is 0.269 e. The van der Waals surface area contributed by atoms with E-state index in [1.165, 1.54) is 36.6 Å². The van der Waals surface area contributed by atoms with E-state index in [0.717, 1.165) is 41.8 Å². The molecule has 0 bridgehead atoms. The quantitative estimate of drug-likeness (QED) is 0.798. The van der Waals surface area contributed by atoms with Crippen LogP contribution < -0.4 is 15.4 Å². The molecule has 10 heteroatoms. The Bertz CT molecular complexity index is 797. The fraction of sp³-hybridized carbons (Fsp3) is 0.600. The summed E-state index contributed by atoms with van der Waals surface area (Å²) in [5, 5.41) is 4.80. The van der Waals surface area contributed by atoms with Crippen molar-refractivity contribution in [1.29, 1.82) is 0 Å². The Morgan fingerprint density at radius 2 is 1.92 bits per heavy atom. The van der Waals surface area contributed by atoms with Gasteiger partial charge in [0.25, 0.3) is 12.0 Å². The normalized spacial score (nSPS) is 18.2. The van der Waals surface area contributed by atoms with Gasteiger partial charge in [0, 0.05) is 49.7 Å². The number of halogens is 2. The second-order valence-corrected chi connectivity index (χ2v) is 7.04. The third-order valence-corrected chi connectivity index (χ3v) is 5.25. The third kappa shape index (κ3) is 3.63. The molecule has 25 heavy (non-hydrogen) atoms. The standard InChI is InChI=1S/C15H18F2N6OS/c16-12(17)9-23-13(24)7-11(8-18-23)21-3-5-22(6-4-21)15-19-14(20-25-15)10-1-2-10/h7-8,10,12H,1-6,9H2. The number of hydrogen-bond donors (Lipinski definition) is 0. The highest BCUT2D eigenvalue weighted by Gasteiger charge is 2.29. The minimum absolute atomic E-state index is 0.501. The van der Waals surface area contributed by atoms with Gasteiger partial charge in [-0.1, -0.05) is 0 Å². The van der Waals surface area contributed by atoms with Crippen molar-refractivity contribution in [3.05, 3.63) is 28.4 Å². The number of anilines is 2. The van der Waals surface area contributed by atoms with Crippen LogP contribution in [-0.4, -0.2) is 51.7 Å². The molecule has 2 fully saturated rings. The summed E-state index contributed by atoms with van der Waals surface area (Å²) < 4.78 is 30.0. The second-order valence-electron chi connectivity index (χ2n) is 6.31. The van der Waals surface area contributed by atoms with Gasteiger partial charge >= 0.3 is 0 Å². The lowest BCUT2D eigenvalue weighted by Gasteiger charge is -2.35. The van der Waals surface area contributed by atoms with Gasteiger partial charge in [-0.25, -0.2) is 18.4 Å². The number of nitrogens with zero attached hydrogens (tertiary/aromatic N) is 6. The van der Waals surface area contributed by atoms with E-state index >= 15 is 0 Å². The molecule has 1 saturated carbocycles. The van der Waals surface area contributed by atoms with E-state index in [1.807, 2.05) is 4.90 Å². The van der Waals surface area contributed by atoms with E-state index in [4.69, 9.17) is 0 Å². The lowest BCUT2D eigenvalue weighted by atomic mass is 10.3. The maximum atomic E-state index is 12.4. The van der Waals surface area contributed by atoms with Crippen molar-refractivity contribution in [1.82, 2.24) is 19.1 Å². The second kappa shape index (κ2) is 6.66. The van der Waals surface area contributed by atoms with Crippen molar-refractivity contribution in [2.24, 2.45) is 0 Å². The predicted molar refractivity (Wildman–Crippen MR) is 90.8 cm³/mol. The van der Waals surface area contributed by atoms with Gasteiger partial charge < -0.3 is 9.80 Å². The molecule has 1 aliphatic heterocycles. The average molecular weight is 368 g/mol. The van der Waals surface area contributed by atoms with Crippen LogP contribution in [0.3, 0.4) is 0 Å². The minimum atomic E-state index is -2.59. The van der Waals surface area contributed by atoms with Crippen LogP contribution in [0.5, 0.6) is 0 Å². The van der Waals surface area contributed by atoms with Crippen molar-refractivity contribution >= 4 is 22.4 Å². The first-order valence-electron chi connectivity index (χ1n) is 8.29. The zero-order valence-electron chi connectivity index (χ0n) is 13.5. The van der Waals surface area contributed by atoms with Crippen molar-refractivity contribution in [3.63, 3.8) is 0 Å². The zero-order chi connectivity index (χ0) is 17.4. The SMILES string of the molecule is O=c1cc(N2CCN(c3nc(C4CC4)ns3)CC2)cnn1CC(F)F. The third-order valence-electron chi connectivity index (χ3n) is 4.45. The summed E-state index contributed by atoms with van der Waals surface area (Å²) in [6.45, 7) is 2.32. The topological polar surface area (TPSA) is 67.2 Å². The van der Waals surface area contributed by atoms with E-state index in [1.54, 1.807) is 0 Å². The Labute approximate surface area is 147 Å². The average Bonchev–Trinajstić information content (AvgIpc) is 3.34. The molecule has 0 atom stereocenters. The molecule has 0 spiro atoms. The van der Waals surface area contributed by atoms with Crippen LogP contribution >= 0.6 is 11.5 Å². The highest BCUT2D eigenvalue weighted by atomic mass is 32.1. The molecule has 0 N–H and O–H groups in total. The van der Waals surface area contributed by atoms with Gasteiger partial charge in [-0.2, -0.15) is 9.47 Å². The molecule has 1 aliphatic carbocycles. The fourth-order valence-corrected chi connectivity index (χ4v) is 3.68. The predicted octanol–water partition coefficient (Wildman–Crippen LogP) is 1.56. The van der Waals surface area contributed by atoms with Gasteiger partial charge in [0.15, 0.2) is 0 Å². The number of alkyl halides is 2. The lowest BCUT2D eigenvalue weighted by Crippen LogP contribution is -2.47. The van der Waals surface area contributed by atoms with Crippen LogP contribution in [0.25, 0.3) is 0 Å². The molecule has 0 unspecified atom stereocenters. The van der Waals surface area contributed by atoms with Crippen LogP contribution in [0.15, 0.2) is 17.1 Å². The summed E-state index contributed by atoms with van der Waals surface area (Å²) in [5.41, 5.74) is 0.171. The van der Waals surface area contributed by atoms with E-state index in [0.29, 0.717) is 11.6 Å². The Morgan fingerprint density at radius 3 is 2.56 bits per heavy atom. The van der Waals surface area contributed by atoms with Crippen LogP contribution in [0.2, 0.25) is 0 Å². The van der Waals surface area contributed by atoms with Crippen LogP contribution in [-0.2, 0) is 6.54 Å². The van der Waals surface area contributed by atoms with Crippen LogP contribution in [0, 0.1) is 0 Å². The molecule has 1 saturated heterocycles. The summed E-state index contributed by atoms with van der Waals surface area (Å²) in [6, 6.07) is 1.38. The van der Waals surface area contributed by atoms with Crippen LogP contribution in [0.1, 0.15) is 24.6 Å². The summed E-state index contributed by atoms with van der Waals surface area (Å²) in [5.74, 6) is 1.52. The molecular formula is C15H18F2N6OS. The van der Waals surface area contributed by atoms with E-state index in [-0.39, 0.29) is 0 Å². The van der Waals surface area contributed by atoms with Gasteiger partial charge in [0.2, 0.25) is 5.13 Å². The minimum Gasteiger partial charge on any atom is -0.367 e.